The van der Waals surface area contributed by atoms with Crippen LogP contribution in [0.3, 0.4) is 0 Å². The number of methoxy groups -OCH3 is 1. The Hall–Kier alpha value is -2.25. The Morgan fingerprint density at radius 3 is 2.39 bits per heavy atom. The van der Waals surface area contributed by atoms with Gasteiger partial charge in [0.05, 0.1) is 24.1 Å². The molecular weight excluding hydrogens is 436 g/mol. The molecule has 0 aromatic heterocycles. The fourth-order valence-corrected chi connectivity index (χ4v) is 5.58. The van der Waals surface area contributed by atoms with Gasteiger partial charge in [-0.2, -0.15) is 0 Å². The molecule has 1 amide bonds. The van der Waals surface area contributed by atoms with Gasteiger partial charge in [-0.1, -0.05) is 41.9 Å². The van der Waals surface area contributed by atoms with Crippen LogP contribution in [0.15, 0.2) is 48.5 Å². The first-order chi connectivity index (χ1) is 14.7. The molecule has 1 aliphatic rings. The Morgan fingerprint density at radius 2 is 1.84 bits per heavy atom. The lowest BCUT2D eigenvalue weighted by molar-refractivity contribution is -0.133. The van der Waals surface area contributed by atoms with Crippen LogP contribution in [0.1, 0.15) is 25.3 Å². The summed E-state index contributed by atoms with van der Waals surface area (Å²) < 4.78 is 31.4. The monoisotopic (exact) mass is 464 g/mol. The summed E-state index contributed by atoms with van der Waals surface area (Å²) in [7, 11) is -2.21. The molecule has 0 radical (unpaired) electrons. The molecule has 1 heterocycles. The molecule has 2 aromatic rings. The van der Waals surface area contributed by atoms with E-state index >= 15 is 0 Å². The van der Waals surface area contributed by atoms with Gasteiger partial charge >= 0.3 is 0 Å². The number of hydrogen-bond donors (Lipinski definition) is 0. The van der Waals surface area contributed by atoms with Crippen molar-refractivity contribution in [2.24, 2.45) is 5.92 Å². The predicted molar refractivity (Wildman–Crippen MR) is 124 cm³/mol. The number of nitrogens with zero attached hydrogens (tertiary/aromatic N) is 2. The average Bonchev–Trinajstić information content (AvgIpc) is 2.74. The van der Waals surface area contributed by atoms with Crippen molar-refractivity contribution in [2.45, 2.75) is 32.2 Å². The zero-order valence-corrected chi connectivity index (χ0v) is 19.7. The van der Waals surface area contributed by atoms with Crippen LogP contribution in [0, 0.1) is 5.92 Å². The van der Waals surface area contributed by atoms with Gasteiger partial charge in [0.2, 0.25) is 15.9 Å². The number of amides is 1. The fourth-order valence-electron chi connectivity index (χ4n) is 4.16. The number of piperidine rings is 1. The number of halogens is 1. The first-order valence-electron chi connectivity index (χ1n) is 10.4. The molecule has 0 unspecified atom stereocenters. The molecule has 0 aliphatic carbocycles. The molecule has 0 spiro atoms. The number of sulfonamides is 1. The first kappa shape index (κ1) is 23.4. The maximum atomic E-state index is 13.2. The minimum atomic E-state index is -3.70. The zero-order valence-electron chi connectivity index (χ0n) is 18.1. The Kier molecular flexibility index (Phi) is 7.49. The Morgan fingerprint density at radius 1 is 1.19 bits per heavy atom. The molecule has 0 saturated carbocycles. The smallest absolute Gasteiger partial charge is 0.246 e. The van der Waals surface area contributed by atoms with Gasteiger partial charge < -0.3 is 9.64 Å². The van der Waals surface area contributed by atoms with E-state index in [1.165, 1.54) is 18.7 Å². The summed E-state index contributed by atoms with van der Waals surface area (Å²) in [4.78, 5) is 15.0. The summed E-state index contributed by atoms with van der Waals surface area (Å²) in [6.07, 6.45) is 3.90. The highest BCUT2D eigenvalue weighted by Crippen LogP contribution is 2.32. The predicted octanol–water partition coefficient (Wildman–Crippen LogP) is 3.98. The summed E-state index contributed by atoms with van der Waals surface area (Å²) in [6.45, 7) is 2.88. The van der Waals surface area contributed by atoms with Gasteiger partial charge in [-0.05, 0) is 55.9 Å². The molecule has 3 rings (SSSR count). The highest BCUT2D eigenvalue weighted by atomic mass is 35.5. The maximum Gasteiger partial charge on any atom is 0.246 e. The number of likely N-dealkylation sites (tertiary alicyclic amines) is 1. The third-order valence-corrected chi connectivity index (χ3v) is 7.29. The molecule has 1 aliphatic heterocycles. The SMILES string of the molecule is COc1ccc(N([C@H](C)C(=O)N2CCC(Cc3ccccc3)CC2)S(C)(=O)=O)cc1Cl. The van der Waals surface area contributed by atoms with E-state index in [4.69, 9.17) is 16.3 Å². The van der Waals surface area contributed by atoms with E-state index in [-0.39, 0.29) is 10.9 Å². The zero-order chi connectivity index (χ0) is 22.6. The molecule has 1 saturated heterocycles. The van der Waals surface area contributed by atoms with Crippen LogP contribution >= 0.6 is 11.6 Å². The highest BCUT2D eigenvalue weighted by Gasteiger charge is 2.34. The van der Waals surface area contributed by atoms with Crippen LogP contribution in [-0.4, -0.2) is 51.7 Å². The van der Waals surface area contributed by atoms with E-state index in [0.29, 0.717) is 30.4 Å². The molecule has 1 atom stereocenters. The standard InChI is InChI=1S/C23H29ClN2O4S/c1-17(26(31(3,28)29)20-9-10-22(30-2)21(24)16-20)23(27)25-13-11-19(12-14-25)15-18-7-5-4-6-8-18/h4-10,16-17,19H,11-15H2,1-3H3/t17-/m1/s1. The normalized spacial score (nSPS) is 16.1. The quantitative estimate of drug-likeness (QED) is 0.621. The molecule has 2 aromatic carbocycles. The van der Waals surface area contributed by atoms with Crippen molar-refractivity contribution in [1.82, 2.24) is 4.90 Å². The molecule has 168 valence electrons. The third kappa shape index (κ3) is 5.71. The van der Waals surface area contributed by atoms with Crippen molar-refractivity contribution in [2.75, 3.05) is 30.8 Å². The number of anilines is 1. The minimum Gasteiger partial charge on any atom is -0.495 e. The topological polar surface area (TPSA) is 66.9 Å². The lowest BCUT2D eigenvalue weighted by Gasteiger charge is -2.36. The van der Waals surface area contributed by atoms with Gasteiger partial charge in [0.25, 0.3) is 0 Å². The minimum absolute atomic E-state index is 0.199. The lowest BCUT2D eigenvalue weighted by Crippen LogP contribution is -2.51. The van der Waals surface area contributed by atoms with Crippen molar-refractivity contribution < 1.29 is 17.9 Å². The summed E-state index contributed by atoms with van der Waals surface area (Å²) in [5.41, 5.74) is 1.65. The Labute approximate surface area is 189 Å². The summed E-state index contributed by atoms with van der Waals surface area (Å²) in [5.74, 6) is 0.766. The van der Waals surface area contributed by atoms with E-state index in [1.54, 1.807) is 24.0 Å². The summed E-state index contributed by atoms with van der Waals surface area (Å²) >= 11 is 6.20. The number of carbonyl (C=O) groups excluding carboxylic acids is 1. The first-order valence-corrected chi connectivity index (χ1v) is 12.6. The van der Waals surface area contributed by atoms with Gasteiger partial charge in [-0.15, -0.1) is 0 Å². The van der Waals surface area contributed by atoms with E-state index in [2.05, 4.69) is 12.1 Å². The lowest BCUT2D eigenvalue weighted by atomic mass is 9.90. The van der Waals surface area contributed by atoms with Gasteiger partial charge in [0, 0.05) is 13.1 Å². The number of hydrogen-bond acceptors (Lipinski definition) is 4. The second-order valence-corrected chi connectivity index (χ2v) is 10.3. The largest absolute Gasteiger partial charge is 0.495 e. The van der Waals surface area contributed by atoms with E-state index < -0.39 is 16.1 Å². The molecule has 31 heavy (non-hydrogen) atoms. The maximum absolute atomic E-state index is 13.2. The van der Waals surface area contributed by atoms with E-state index in [9.17, 15) is 13.2 Å². The van der Waals surface area contributed by atoms with Crippen molar-refractivity contribution in [1.29, 1.82) is 0 Å². The second-order valence-electron chi connectivity index (χ2n) is 8.01. The van der Waals surface area contributed by atoms with E-state index in [1.807, 2.05) is 18.2 Å². The van der Waals surface area contributed by atoms with Gasteiger partial charge in [-0.25, -0.2) is 8.42 Å². The van der Waals surface area contributed by atoms with Crippen LogP contribution in [0.2, 0.25) is 5.02 Å². The molecule has 0 bridgehead atoms. The van der Waals surface area contributed by atoms with Crippen molar-refractivity contribution >= 4 is 33.2 Å². The molecule has 8 heteroatoms. The molecule has 0 N–H and O–H groups in total. The van der Waals surface area contributed by atoms with Crippen LogP contribution in [-0.2, 0) is 21.2 Å². The average molecular weight is 465 g/mol. The highest BCUT2D eigenvalue weighted by molar-refractivity contribution is 7.92. The van der Waals surface area contributed by atoms with Crippen molar-refractivity contribution in [3.8, 4) is 5.75 Å². The molecule has 6 nitrogen and oxygen atoms in total. The number of rotatable bonds is 7. The van der Waals surface area contributed by atoms with E-state index in [0.717, 1.165) is 29.8 Å². The number of carbonyl (C=O) groups is 1. The van der Waals surface area contributed by atoms with Crippen LogP contribution in [0.4, 0.5) is 5.69 Å². The van der Waals surface area contributed by atoms with Crippen molar-refractivity contribution in [3.05, 3.63) is 59.1 Å². The second kappa shape index (κ2) is 9.92. The summed E-state index contributed by atoms with van der Waals surface area (Å²) in [6, 6.07) is 14.2. The van der Waals surface area contributed by atoms with Crippen LogP contribution in [0.5, 0.6) is 5.75 Å². The fraction of sp³-hybridized carbons (Fsp3) is 0.435. The number of benzene rings is 2. The summed E-state index contributed by atoms with van der Waals surface area (Å²) in [5, 5.41) is 0.287. The molecular formula is C23H29ClN2O4S. The molecule has 1 fully saturated rings. The Bertz CT molecular complexity index is 1010. The van der Waals surface area contributed by atoms with Crippen LogP contribution < -0.4 is 9.04 Å². The van der Waals surface area contributed by atoms with Gasteiger partial charge in [0.1, 0.15) is 11.8 Å². The van der Waals surface area contributed by atoms with Crippen LogP contribution in [0.25, 0.3) is 0 Å². The Balaban J connectivity index is 1.70. The van der Waals surface area contributed by atoms with Crippen molar-refractivity contribution in [3.63, 3.8) is 0 Å². The van der Waals surface area contributed by atoms with Gasteiger partial charge in [0.15, 0.2) is 0 Å². The number of ether oxygens (including phenoxy) is 1. The van der Waals surface area contributed by atoms with Gasteiger partial charge in [-0.3, -0.25) is 9.10 Å². The third-order valence-electron chi connectivity index (χ3n) is 5.75.